The van der Waals surface area contributed by atoms with Crippen LogP contribution in [0.4, 0.5) is 0 Å². The SMILES string of the molecule is Cc1[c-]c(C)nc(-c2nc(C)c(C)s2)n1.[Y]. The van der Waals surface area contributed by atoms with Gasteiger partial charge in [-0.2, -0.15) is 0 Å². The van der Waals surface area contributed by atoms with Crippen LogP contribution < -0.4 is 0 Å². The first-order valence-corrected chi connectivity index (χ1v) is 5.57. The summed E-state index contributed by atoms with van der Waals surface area (Å²) < 4.78 is 0. The molecule has 0 unspecified atom stereocenters. The van der Waals surface area contributed by atoms with Gasteiger partial charge in [-0.15, -0.1) is 22.7 Å². The minimum absolute atomic E-state index is 0. The number of aryl methyl sites for hydroxylation is 4. The van der Waals surface area contributed by atoms with E-state index in [2.05, 4.69) is 27.9 Å². The summed E-state index contributed by atoms with van der Waals surface area (Å²) in [7, 11) is 0. The third-order valence-corrected chi connectivity index (χ3v) is 3.20. The van der Waals surface area contributed by atoms with E-state index in [0.29, 0.717) is 5.82 Å². The summed E-state index contributed by atoms with van der Waals surface area (Å²) in [6.07, 6.45) is 0. The molecular formula is C11H12N3SY-. The molecule has 2 aromatic heterocycles. The summed E-state index contributed by atoms with van der Waals surface area (Å²) in [5.74, 6) is 0.713. The Morgan fingerprint density at radius 1 is 0.938 bits per heavy atom. The van der Waals surface area contributed by atoms with E-state index in [1.54, 1.807) is 11.3 Å². The van der Waals surface area contributed by atoms with Crippen molar-refractivity contribution in [3.8, 4) is 10.8 Å². The number of rotatable bonds is 1. The molecule has 2 aromatic rings. The maximum absolute atomic E-state index is 4.44. The molecule has 0 aliphatic carbocycles. The fraction of sp³-hybridized carbons (Fsp3) is 0.364. The van der Waals surface area contributed by atoms with Crippen LogP contribution in [-0.4, -0.2) is 15.0 Å². The van der Waals surface area contributed by atoms with E-state index < -0.39 is 0 Å². The van der Waals surface area contributed by atoms with Crippen LogP contribution >= 0.6 is 11.3 Å². The van der Waals surface area contributed by atoms with Gasteiger partial charge in [-0.1, -0.05) is 13.8 Å². The number of hydrogen-bond acceptors (Lipinski definition) is 4. The van der Waals surface area contributed by atoms with Crippen LogP contribution in [0.5, 0.6) is 0 Å². The van der Waals surface area contributed by atoms with Gasteiger partial charge in [0.25, 0.3) is 0 Å². The molecule has 0 aliphatic rings. The monoisotopic (exact) mass is 307 g/mol. The largest absolute Gasteiger partial charge is 0.427 e. The Bertz CT molecular complexity index is 468. The van der Waals surface area contributed by atoms with Crippen molar-refractivity contribution in [2.75, 3.05) is 0 Å². The van der Waals surface area contributed by atoms with E-state index in [9.17, 15) is 0 Å². The first kappa shape index (κ1) is 13.9. The molecule has 0 saturated heterocycles. The number of hydrogen-bond donors (Lipinski definition) is 0. The summed E-state index contributed by atoms with van der Waals surface area (Å²) in [4.78, 5) is 14.3. The third-order valence-electron chi connectivity index (χ3n) is 2.13. The second-order valence-electron chi connectivity index (χ2n) is 3.50. The molecule has 0 fully saturated rings. The van der Waals surface area contributed by atoms with E-state index >= 15 is 0 Å². The molecule has 0 spiro atoms. The van der Waals surface area contributed by atoms with Crippen molar-refractivity contribution < 1.29 is 32.7 Å². The van der Waals surface area contributed by atoms with E-state index in [-0.39, 0.29) is 32.7 Å². The van der Waals surface area contributed by atoms with Crippen LogP contribution in [0.2, 0.25) is 0 Å². The van der Waals surface area contributed by atoms with E-state index in [4.69, 9.17) is 0 Å². The van der Waals surface area contributed by atoms with Gasteiger partial charge in [0.1, 0.15) is 0 Å². The van der Waals surface area contributed by atoms with Crippen LogP contribution in [0.25, 0.3) is 10.8 Å². The van der Waals surface area contributed by atoms with Gasteiger partial charge in [0.05, 0.1) is 5.69 Å². The Morgan fingerprint density at radius 3 is 1.94 bits per heavy atom. The van der Waals surface area contributed by atoms with Gasteiger partial charge in [0.15, 0.2) is 10.8 Å². The summed E-state index contributed by atoms with van der Waals surface area (Å²) in [6, 6.07) is 3.06. The van der Waals surface area contributed by atoms with Crippen molar-refractivity contribution in [3.05, 3.63) is 28.0 Å². The maximum atomic E-state index is 4.44. The van der Waals surface area contributed by atoms with Gasteiger partial charge in [-0.25, -0.2) is 4.98 Å². The van der Waals surface area contributed by atoms with Crippen LogP contribution in [-0.2, 0) is 32.7 Å². The van der Waals surface area contributed by atoms with E-state index in [1.807, 2.05) is 20.8 Å². The predicted molar refractivity (Wildman–Crippen MR) is 60.9 cm³/mol. The Labute approximate surface area is 125 Å². The van der Waals surface area contributed by atoms with Gasteiger partial charge in [-0.05, 0) is 13.8 Å². The van der Waals surface area contributed by atoms with Crippen molar-refractivity contribution in [3.63, 3.8) is 0 Å². The molecule has 0 bridgehead atoms. The molecule has 0 atom stereocenters. The van der Waals surface area contributed by atoms with Gasteiger partial charge >= 0.3 is 0 Å². The number of thiazole rings is 1. The van der Waals surface area contributed by atoms with Crippen molar-refractivity contribution >= 4 is 11.3 Å². The molecule has 0 amide bonds. The number of aromatic nitrogens is 3. The van der Waals surface area contributed by atoms with Gasteiger partial charge < -0.3 is 6.07 Å². The Hall–Kier alpha value is -0.186. The zero-order valence-electron chi connectivity index (χ0n) is 9.83. The molecule has 0 saturated carbocycles. The Balaban J connectivity index is 0.00000128. The van der Waals surface area contributed by atoms with E-state index in [0.717, 1.165) is 22.1 Å². The van der Waals surface area contributed by atoms with Crippen molar-refractivity contribution in [2.24, 2.45) is 0 Å². The van der Waals surface area contributed by atoms with E-state index in [1.165, 1.54) is 4.88 Å². The van der Waals surface area contributed by atoms with Gasteiger partial charge in [0.2, 0.25) is 0 Å². The first-order chi connectivity index (χ1) is 7.06. The van der Waals surface area contributed by atoms with Crippen molar-refractivity contribution in [1.29, 1.82) is 0 Å². The van der Waals surface area contributed by atoms with Gasteiger partial charge in [-0.3, -0.25) is 9.97 Å². The zero-order valence-corrected chi connectivity index (χ0v) is 13.5. The molecule has 2 rings (SSSR count). The average Bonchev–Trinajstić information content (AvgIpc) is 2.45. The van der Waals surface area contributed by atoms with Crippen molar-refractivity contribution in [1.82, 2.24) is 15.0 Å². The standard InChI is InChI=1S/C11H12N3S.Y/c1-6-5-7(2)13-10(12-6)11-14-8(3)9(4)15-11;/h1-4H3;/q-1;. The fourth-order valence-electron chi connectivity index (χ4n) is 1.32. The topological polar surface area (TPSA) is 38.7 Å². The average molecular weight is 307 g/mol. The molecule has 5 heteroatoms. The first-order valence-electron chi connectivity index (χ1n) is 4.75. The molecule has 1 radical (unpaired) electrons. The normalized spacial score (nSPS) is 10.0. The minimum atomic E-state index is 0. The third kappa shape index (κ3) is 2.93. The second-order valence-corrected chi connectivity index (χ2v) is 4.71. The smallest absolute Gasteiger partial charge is 0.183 e. The number of nitrogens with zero attached hydrogens (tertiary/aromatic N) is 3. The molecule has 0 N–H and O–H groups in total. The summed E-state index contributed by atoms with van der Waals surface area (Å²) in [5, 5.41) is 0.894. The molecule has 16 heavy (non-hydrogen) atoms. The quantitative estimate of drug-likeness (QED) is 0.760. The summed E-state index contributed by atoms with van der Waals surface area (Å²) in [6.45, 7) is 7.91. The fourth-order valence-corrected chi connectivity index (χ4v) is 2.17. The zero-order chi connectivity index (χ0) is 11.0. The van der Waals surface area contributed by atoms with Crippen LogP contribution in [0.15, 0.2) is 0 Å². The summed E-state index contributed by atoms with van der Waals surface area (Å²) in [5.41, 5.74) is 2.78. The second kappa shape index (κ2) is 5.43. The van der Waals surface area contributed by atoms with Crippen LogP contribution in [0.1, 0.15) is 22.0 Å². The molecule has 81 valence electrons. The van der Waals surface area contributed by atoms with Gasteiger partial charge in [0, 0.05) is 37.6 Å². The van der Waals surface area contributed by atoms with Crippen molar-refractivity contribution in [2.45, 2.75) is 27.7 Å². The molecule has 0 aromatic carbocycles. The Morgan fingerprint density at radius 2 is 1.50 bits per heavy atom. The van der Waals surface area contributed by atoms with Crippen LogP contribution in [0, 0.1) is 33.8 Å². The maximum Gasteiger partial charge on any atom is 0.183 e. The Kier molecular flexibility index (Phi) is 4.71. The predicted octanol–water partition coefficient (Wildman–Crippen LogP) is 2.63. The molecule has 2 heterocycles. The molecular weight excluding hydrogens is 295 g/mol. The minimum Gasteiger partial charge on any atom is -0.427 e. The molecule has 0 aliphatic heterocycles. The van der Waals surface area contributed by atoms with Crippen LogP contribution in [0.3, 0.4) is 0 Å². The summed E-state index contributed by atoms with van der Waals surface area (Å²) >= 11 is 1.63. The molecule has 3 nitrogen and oxygen atoms in total.